The van der Waals surface area contributed by atoms with Gasteiger partial charge in [0.25, 0.3) is 0 Å². The Hall–Kier alpha value is -2.28. The summed E-state index contributed by atoms with van der Waals surface area (Å²) in [6.07, 6.45) is -0.280. The van der Waals surface area contributed by atoms with Crippen molar-refractivity contribution in [3.05, 3.63) is 23.3 Å². The summed E-state index contributed by atoms with van der Waals surface area (Å²) in [5.41, 5.74) is 0.987. The highest BCUT2D eigenvalue weighted by Crippen LogP contribution is 2.38. The van der Waals surface area contributed by atoms with E-state index >= 15 is 0 Å². The number of amides is 1. The molecule has 2 atom stereocenters. The van der Waals surface area contributed by atoms with Crippen molar-refractivity contribution in [2.24, 2.45) is 0 Å². The average Bonchev–Trinajstić information content (AvgIpc) is 2.97. The first-order chi connectivity index (χ1) is 13.1. The quantitative estimate of drug-likeness (QED) is 0.790. The van der Waals surface area contributed by atoms with Gasteiger partial charge >= 0.3 is 6.09 Å². The Morgan fingerprint density at radius 1 is 1.21 bits per heavy atom. The van der Waals surface area contributed by atoms with E-state index in [0.29, 0.717) is 36.7 Å². The molecule has 0 radical (unpaired) electrons. The standard InChI is InChI=1S/C21H30N2O5/c1-13-9-22(20(25)28-21(3,4)5)10-14(2)23(13)11-16-18(26-6)8-7-15-17(24)12-27-19(15)16/h7-8,13-14H,9-12H2,1-6H3/t13-,14+. The van der Waals surface area contributed by atoms with Crippen LogP contribution in [0.25, 0.3) is 0 Å². The van der Waals surface area contributed by atoms with Crippen molar-refractivity contribution in [1.29, 1.82) is 0 Å². The second kappa shape index (κ2) is 7.62. The predicted molar refractivity (Wildman–Crippen MR) is 105 cm³/mol. The van der Waals surface area contributed by atoms with Gasteiger partial charge in [-0.25, -0.2) is 4.79 Å². The van der Waals surface area contributed by atoms with Crippen molar-refractivity contribution >= 4 is 11.9 Å². The molecule has 1 fully saturated rings. The van der Waals surface area contributed by atoms with Gasteiger partial charge in [0, 0.05) is 31.7 Å². The van der Waals surface area contributed by atoms with Gasteiger partial charge in [-0.15, -0.1) is 0 Å². The van der Waals surface area contributed by atoms with E-state index in [2.05, 4.69) is 18.7 Å². The molecule has 2 heterocycles. The van der Waals surface area contributed by atoms with Gasteiger partial charge in [-0.1, -0.05) is 0 Å². The normalized spacial score (nSPS) is 22.6. The molecule has 154 valence electrons. The second-order valence-corrected chi connectivity index (χ2v) is 8.59. The highest BCUT2D eigenvalue weighted by molar-refractivity contribution is 6.03. The zero-order valence-electron chi connectivity index (χ0n) is 17.6. The van der Waals surface area contributed by atoms with E-state index in [1.54, 1.807) is 18.1 Å². The third kappa shape index (κ3) is 4.09. The van der Waals surface area contributed by atoms with Crippen molar-refractivity contribution in [3.63, 3.8) is 0 Å². The lowest BCUT2D eigenvalue weighted by Crippen LogP contribution is -2.58. The fourth-order valence-corrected chi connectivity index (χ4v) is 3.88. The second-order valence-electron chi connectivity index (χ2n) is 8.59. The molecule has 28 heavy (non-hydrogen) atoms. The van der Waals surface area contributed by atoms with Gasteiger partial charge in [0.15, 0.2) is 6.61 Å². The lowest BCUT2D eigenvalue weighted by Gasteiger charge is -2.44. The number of carbonyl (C=O) groups is 2. The molecule has 2 aliphatic rings. The van der Waals surface area contributed by atoms with Gasteiger partial charge in [-0.3, -0.25) is 9.69 Å². The smallest absolute Gasteiger partial charge is 0.410 e. The number of carbonyl (C=O) groups excluding carboxylic acids is 2. The van der Waals surface area contributed by atoms with Crippen LogP contribution in [0.15, 0.2) is 12.1 Å². The summed E-state index contributed by atoms with van der Waals surface area (Å²) >= 11 is 0. The first kappa shape index (κ1) is 20.5. The molecule has 7 heteroatoms. The van der Waals surface area contributed by atoms with E-state index in [1.165, 1.54) is 0 Å². The number of nitrogens with zero attached hydrogens (tertiary/aromatic N) is 2. The third-order valence-electron chi connectivity index (χ3n) is 5.18. The summed E-state index contributed by atoms with van der Waals surface area (Å²) in [5, 5.41) is 0. The van der Waals surface area contributed by atoms with Gasteiger partial charge in [0.2, 0.25) is 5.78 Å². The van der Waals surface area contributed by atoms with Crippen LogP contribution < -0.4 is 9.47 Å². The molecule has 1 aromatic carbocycles. The maximum Gasteiger partial charge on any atom is 0.410 e. The average molecular weight is 390 g/mol. The van der Waals surface area contributed by atoms with Crippen LogP contribution in [0, 0.1) is 0 Å². The molecule has 1 saturated heterocycles. The number of methoxy groups -OCH3 is 1. The van der Waals surface area contributed by atoms with Crippen molar-refractivity contribution in [3.8, 4) is 11.5 Å². The van der Waals surface area contributed by atoms with E-state index in [4.69, 9.17) is 14.2 Å². The minimum atomic E-state index is -0.511. The van der Waals surface area contributed by atoms with Crippen molar-refractivity contribution in [2.75, 3.05) is 26.8 Å². The summed E-state index contributed by atoms with van der Waals surface area (Å²) in [6, 6.07) is 3.83. The number of benzene rings is 1. The number of piperazine rings is 1. The first-order valence-corrected chi connectivity index (χ1v) is 9.70. The number of hydrogen-bond acceptors (Lipinski definition) is 6. The Labute approximate surface area is 166 Å². The molecule has 7 nitrogen and oxygen atoms in total. The first-order valence-electron chi connectivity index (χ1n) is 9.70. The van der Waals surface area contributed by atoms with Gasteiger partial charge in [-0.05, 0) is 46.8 Å². The van der Waals surface area contributed by atoms with Crippen LogP contribution in [0.5, 0.6) is 11.5 Å². The van der Waals surface area contributed by atoms with Crippen molar-refractivity contribution < 1.29 is 23.8 Å². The number of ketones is 1. The lowest BCUT2D eigenvalue weighted by molar-refractivity contribution is -0.00998. The molecule has 0 aliphatic carbocycles. The molecule has 2 aliphatic heterocycles. The number of hydrogen-bond donors (Lipinski definition) is 0. The fraction of sp³-hybridized carbons (Fsp3) is 0.619. The molecule has 0 unspecified atom stereocenters. The number of ether oxygens (including phenoxy) is 3. The number of rotatable bonds is 3. The summed E-state index contributed by atoms with van der Waals surface area (Å²) < 4.78 is 16.7. The lowest BCUT2D eigenvalue weighted by atomic mass is 10.0. The molecule has 3 rings (SSSR count). The van der Waals surface area contributed by atoms with E-state index < -0.39 is 5.60 Å². The van der Waals surface area contributed by atoms with E-state index in [0.717, 1.165) is 5.56 Å². The minimum absolute atomic E-state index is 0.00487. The highest BCUT2D eigenvalue weighted by atomic mass is 16.6. The third-order valence-corrected chi connectivity index (χ3v) is 5.18. The zero-order valence-corrected chi connectivity index (χ0v) is 17.6. The van der Waals surface area contributed by atoms with Crippen LogP contribution in [0.3, 0.4) is 0 Å². The van der Waals surface area contributed by atoms with Crippen LogP contribution in [-0.2, 0) is 11.3 Å². The van der Waals surface area contributed by atoms with Gasteiger partial charge in [0.05, 0.1) is 18.2 Å². The van der Waals surface area contributed by atoms with Crippen molar-refractivity contribution in [2.45, 2.75) is 58.8 Å². The highest BCUT2D eigenvalue weighted by Gasteiger charge is 2.36. The van der Waals surface area contributed by atoms with Gasteiger partial charge < -0.3 is 19.1 Å². The van der Waals surface area contributed by atoms with Crippen molar-refractivity contribution in [1.82, 2.24) is 9.80 Å². The zero-order chi connectivity index (χ0) is 20.6. The molecule has 0 saturated carbocycles. The minimum Gasteiger partial charge on any atom is -0.496 e. The molecule has 0 bridgehead atoms. The fourth-order valence-electron chi connectivity index (χ4n) is 3.88. The van der Waals surface area contributed by atoms with Gasteiger partial charge in [-0.2, -0.15) is 0 Å². The summed E-state index contributed by atoms with van der Waals surface area (Å²) in [4.78, 5) is 28.6. The largest absolute Gasteiger partial charge is 0.496 e. The number of fused-ring (bicyclic) bond motifs is 1. The summed E-state index contributed by atoms with van der Waals surface area (Å²) in [6.45, 7) is 11.6. The molecule has 1 amide bonds. The molecule has 0 spiro atoms. The maximum atomic E-state index is 12.5. The van der Waals surface area contributed by atoms with Crippen LogP contribution in [0.4, 0.5) is 4.79 Å². The van der Waals surface area contributed by atoms with E-state index in [1.807, 2.05) is 26.8 Å². The molecule has 1 aromatic rings. The molecule has 0 aromatic heterocycles. The summed E-state index contributed by atoms with van der Waals surface area (Å²) in [5.74, 6) is 1.33. The maximum absolute atomic E-state index is 12.5. The molecule has 0 N–H and O–H groups in total. The molecular weight excluding hydrogens is 360 g/mol. The SMILES string of the molecule is COc1ccc2c(c1CN1[C@H](C)CN(C(=O)OC(C)(C)C)C[C@@H]1C)OCC2=O. The molecular formula is C21H30N2O5. The monoisotopic (exact) mass is 390 g/mol. The topological polar surface area (TPSA) is 68.3 Å². The van der Waals surface area contributed by atoms with Gasteiger partial charge in [0.1, 0.15) is 17.1 Å². The van der Waals surface area contributed by atoms with Crippen LogP contribution in [-0.4, -0.2) is 66.2 Å². The number of Topliss-reactive ketones (excluding diaryl/α,β-unsaturated/α-hetero) is 1. The Morgan fingerprint density at radius 3 is 2.43 bits per heavy atom. The Kier molecular flexibility index (Phi) is 5.57. The van der Waals surface area contributed by atoms with E-state index in [-0.39, 0.29) is 30.6 Å². The Balaban J connectivity index is 1.78. The summed E-state index contributed by atoms with van der Waals surface area (Å²) in [7, 11) is 1.62. The van der Waals surface area contributed by atoms with Crippen LogP contribution in [0.1, 0.15) is 50.5 Å². The van der Waals surface area contributed by atoms with Crippen LogP contribution >= 0.6 is 0 Å². The van der Waals surface area contributed by atoms with E-state index in [9.17, 15) is 9.59 Å². The Bertz CT molecular complexity index is 759. The Morgan fingerprint density at radius 2 is 1.86 bits per heavy atom. The predicted octanol–water partition coefficient (Wildman–Crippen LogP) is 3.10. The van der Waals surface area contributed by atoms with Crippen LogP contribution in [0.2, 0.25) is 0 Å².